The second-order valence-electron chi connectivity index (χ2n) is 4.51. The number of halogens is 1. The van der Waals surface area contributed by atoms with E-state index in [4.69, 9.17) is 11.6 Å². The van der Waals surface area contributed by atoms with E-state index in [2.05, 4.69) is 10.0 Å². The van der Waals surface area contributed by atoms with Gasteiger partial charge < -0.3 is 5.32 Å². The molecule has 1 unspecified atom stereocenters. The van der Waals surface area contributed by atoms with E-state index in [1.807, 2.05) is 19.9 Å². The van der Waals surface area contributed by atoms with Crippen LogP contribution in [0.2, 0.25) is 4.34 Å². The molecule has 0 aromatic carbocycles. The van der Waals surface area contributed by atoms with Crippen LogP contribution in [0.25, 0.3) is 0 Å². The van der Waals surface area contributed by atoms with E-state index >= 15 is 0 Å². The first kappa shape index (κ1) is 16.9. The Hall–Kier alpha value is -0.440. The van der Waals surface area contributed by atoms with Crippen molar-refractivity contribution in [2.24, 2.45) is 0 Å². The van der Waals surface area contributed by atoms with E-state index in [1.165, 1.54) is 22.7 Å². The van der Waals surface area contributed by atoms with E-state index in [-0.39, 0.29) is 6.04 Å². The predicted octanol–water partition coefficient (Wildman–Crippen LogP) is 3.61. The van der Waals surface area contributed by atoms with Crippen LogP contribution in [0.5, 0.6) is 0 Å². The van der Waals surface area contributed by atoms with Crippen molar-refractivity contribution >= 4 is 44.3 Å². The lowest BCUT2D eigenvalue weighted by Gasteiger charge is -2.11. The number of hydrogen-bond donors (Lipinski definition) is 2. The number of nitrogens with one attached hydrogen (secondary N) is 2. The predicted molar refractivity (Wildman–Crippen MR) is 89.8 cm³/mol. The lowest BCUT2D eigenvalue weighted by atomic mass is 10.3. The maximum Gasteiger partial charge on any atom is 0.241 e. The Labute approximate surface area is 138 Å². The molecular formula is C13H17ClN2O2S3. The van der Waals surface area contributed by atoms with Gasteiger partial charge in [-0.15, -0.1) is 22.7 Å². The van der Waals surface area contributed by atoms with Crippen molar-refractivity contribution in [2.45, 2.75) is 31.3 Å². The van der Waals surface area contributed by atoms with Crippen LogP contribution in [0.3, 0.4) is 0 Å². The maximum absolute atomic E-state index is 12.4. The number of thiophene rings is 2. The van der Waals surface area contributed by atoms with Gasteiger partial charge in [-0.05, 0) is 31.7 Å². The van der Waals surface area contributed by atoms with Crippen molar-refractivity contribution in [2.75, 3.05) is 6.54 Å². The molecule has 0 aliphatic heterocycles. The quantitative estimate of drug-likeness (QED) is 0.789. The molecule has 0 saturated heterocycles. The smallest absolute Gasteiger partial charge is 0.241 e. The molecule has 0 aliphatic rings. The highest BCUT2D eigenvalue weighted by Gasteiger charge is 2.20. The molecule has 0 radical (unpaired) electrons. The SMILES string of the molecule is CCNCc1cc(S(=O)(=O)NC(C)c2ccc(Cl)s2)cs1. The van der Waals surface area contributed by atoms with Gasteiger partial charge in [-0.3, -0.25) is 0 Å². The van der Waals surface area contributed by atoms with Gasteiger partial charge in [0.2, 0.25) is 10.0 Å². The summed E-state index contributed by atoms with van der Waals surface area (Å²) in [4.78, 5) is 2.21. The minimum atomic E-state index is -3.51. The average Bonchev–Trinajstić information content (AvgIpc) is 3.05. The maximum atomic E-state index is 12.4. The second kappa shape index (κ2) is 7.21. The molecule has 0 fully saturated rings. The summed E-state index contributed by atoms with van der Waals surface area (Å²) in [6.45, 7) is 5.37. The third-order valence-electron chi connectivity index (χ3n) is 2.84. The van der Waals surface area contributed by atoms with Gasteiger partial charge in [0.25, 0.3) is 0 Å². The van der Waals surface area contributed by atoms with Gasteiger partial charge in [-0.25, -0.2) is 13.1 Å². The van der Waals surface area contributed by atoms with Crippen molar-refractivity contribution < 1.29 is 8.42 Å². The number of hydrogen-bond acceptors (Lipinski definition) is 5. The first-order valence-corrected chi connectivity index (χ1v) is 10.0. The molecule has 0 bridgehead atoms. The van der Waals surface area contributed by atoms with Crippen LogP contribution in [0.1, 0.15) is 29.6 Å². The van der Waals surface area contributed by atoms with E-state index in [9.17, 15) is 8.42 Å². The highest BCUT2D eigenvalue weighted by Crippen LogP contribution is 2.28. The van der Waals surface area contributed by atoms with Gasteiger partial charge >= 0.3 is 0 Å². The largest absolute Gasteiger partial charge is 0.312 e. The summed E-state index contributed by atoms with van der Waals surface area (Å²) in [7, 11) is -3.51. The molecule has 116 valence electrons. The molecule has 0 aliphatic carbocycles. The Morgan fingerprint density at radius 3 is 2.76 bits per heavy atom. The van der Waals surface area contributed by atoms with Gasteiger partial charge in [-0.1, -0.05) is 18.5 Å². The Morgan fingerprint density at radius 1 is 1.38 bits per heavy atom. The molecule has 1 atom stereocenters. The third-order valence-corrected chi connectivity index (χ3v) is 6.86. The second-order valence-corrected chi connectivity index (χ2v) is 8.97. The van der Waals surface area contributed by atoms with Gasteiger partial charge in [-0.2, -0.15) is 0 Å². The minimum Gasteiger partial charge on any atom is -0.312 e. The Balaban J connectivity index is 2.09. The molecule has 0 spiro atoms. The lowest BCUT2D eigenvalue weighted by molar-refractivity contribution is 0.569. The average molecular weight is 365 g/mol. The zero-order valence-corrected chi connectivity index (χ0v) is 14.9. The topological polar surface area (TPSA) is 58.2 Å². The van der Waals surface area contributed by atoms with Crippen LogP contribution in [-0.4, -0.2) is 15.0 Å². The van der Waals surface area contributed by atoms with E-state index in [1.54, 1.807) is 17.5 Å². The molecule has 2 heterocycles. The van der Waals surface area contributed by atoms with Gasteiger partial charge in [0.05, 0.1) is 15.3 Å². The van der Waals surface area contributed by atoms with E-state index in [0.717, 1.165) is 16.3 Å². The minimum absolute atomic E-state index is 0.301. The molecule has 21 heavy (non-hydrogen) atoms. The van der Waals surface area contributed by atoms with Crippen LogP contribution in [-0.2, 0) is 16.6 Å². The van der Waals surface area contributed by atoms with E-state index in [0.29, 0.717) is 15.8 Å². The summed E-state index contributed by atoms with van der Waals surface area (Å²) in [6.07, 6.45) is 0. The molecule has 2 N–H and O–H groups in total. The number of rotatable bonds is 7. The first-order chi connectivity index (χ1) is 9.92. The zero-order chi connectivity index (χ0) is 15.5. The standard InChI is InChI=1S/C13H17ClN2O2S3/c1-3-15-7-10-6-11(8-19-10)21(17,18)16-9(2)12-4-5-13(14)20-12/h4-6,8-9,15-16H,3,7H2,1-2H3. The van der Waals surface area contributed by atoms with Crippen molar-refractivity contribution in [3.05, 3.63) is 37.7 Å². The summed E-state index contributed by atoms with van der Waals surface area (Å²) in [5.74, 6) is 0. The monoisotopic (exact) mass is 364 g/mol. The van der Waals surface area contributed by atoms with Crippen molar-refractivity contribution in [3.63, 3.8) is 0 Å². The highest BCUT2D eigenvalue weighted by atomic mass is 35.5. The molecule has 4 nitrogen and oxygen atoms in total. The fourth-order valence-electron chi connectivity index (χ4n) is 1.76. The van der Waals surface area contributed by atoms with Gasteiger partial charge in [0, 0.05) is 21.7 Å². The molecule has 0 saturated carbocycles. The fourth-order valence-corrected chi connectivity index (χ4v) is 5.37. The summed E-state index contributed by atoms with van der Waals surface area (Å²) < 4.78 is 28.0. The first-order valence-electron chi connectivity index (χ1n) is 6.48. The zero-order valence-electron chi connectivity index (χ0n) is 11.7. The molecule has 2 aromatic rings. The normalized spacial score (nSPS) is 13.5. The Morgan fingerprint density at radius 2 is 2.14 bits per heavy atom. The Bertz CT molecular complexity index is 694. The van der Waals surface area contributed by atoms with Gasteiger partial charge in [0.1, 0.15) is 0 Å². The molecule has 0 amide bonds. The molecular weight excluding hydrogens is 348 g/mol. The van der Waals surface area contributed by atoms with Crippen molar-refractivity contribution in [1.82, 2.24) is 10.0 Å². The molecule has 8 heteroatoms. The van der Waals surface area contributed by atoms with Gasteiger partial charge in [0.15, 0.2) is 0 Å². The summed E-state index contributed by atoms with van der Waals surface area (Å²) in [6, 6.07) is 5.02. The number of sulfonamides is 1. The van der Waals surface area contributed by atoms with E-state index < -0.39 is 10.0 Å². The third kappa shape index (κ3) is 4.51. The fraction of sp³-hybridized carbons (Fsp3) is 0.385. The van der Waals surface area contributed by atoms with Crippen molar-refractivity contribution in [1.29, 1.82) is 0 Å². The van der Waals surface area contributed by atoms with Crippen LogP contribution in [0.4, 0.5) is 0 Å². The summed E-state index contributed by atoms with van der Waals surface area (Å²) in [5.41, 5.74) is 0. The Kier molecular flexibility index (Phi) is 5.81. The van der Waals surface area contributed by atoms with Crippen LogP contribution in [0.15, 0.2) is 28.5 Å². The van der Waals surface area contributed by atoms with Crippen LogP contribution < -0.4 is 10.0 Å². The van der Waals surface area contributed by atoms with Crippen LogP contribution in [0, 0.1) is 0 Å². The molecule has 2 rings (SSSR count). The van der Waals surface area contributed by atoms with Crippen molar-refractivity contribution in [3.8, 4) is 0 Å². The van der Waals surface area contributed by atoms with Crippen LogP contribution >= 0.6 is 34.3 Å². The summed E-state index contributed by atoms with van der Waals surface area (Å²) in [5, 5.41) is 4.85. The summed E-state index contributed by atoms with van der Waals surface area (Å²) >= 11 is 8.70. The lowest BCUT2D eigenvalue weighted by Crippen LogP contribution is -2.26. The molecule has 2 aromatic heterocycles. The highest BCUT2D eigenvalue weighted by molar-refractivity contribution is 7.89.